The summed E-state index contributed by atoms with van der Waals surface area (Å²) in [5.74, 6) is 0.183. The van der Waals surface area contributed by atoms with Crippen LogP contribution < -0.4 is 4.90 Å². The summed E-state index contributed by atoms with van der Waals surface area (Å²) in [6, 6.07) is 13.0. The van der Waals surface area contributed by atoms with Gasteiger partial charge in [0.15, 0.2) is 0 Å². The maximum absolute atomic E-state index is 12.7. The van der Waals surface area contributed by atoms with Crippen molar-refractivity contribution in [3.05, 3.63) is 53.9 Å². The third-order valence-corrected chi connectivity index (χ3v) is 5.33. The number of aromatic nitrogens is 1. The van der Waals surface area contributed by atoms with E-state index in [1.165, 1.54) is 11.4 Å². The molecule has 1 aromatic carbocycles. The van der Waals surface area contributed by atoms with Crippen LogP contribution in [-0.2, 0) is 18.4 Å². The third kappa shape index (κ3) is 4.10. The molecule has 3 rings (SSSR count). The number of carbonyl (C=O) groups excluding carboxylic acids is 1. The number of aryl methyl sites for hydroxylation is 1. The van der Waals surface area contributed by atoms with Crippen molar-refractivity contribution in [2.24, 2.45) is 7.05 Å². The summed E-state index contributed by atoms with van der Waals surface area (Å²) < 4.78 is 2.17. The molecule has 0 spiro atoms. The highest BCUT2D eigenvalue weighted by Gasteiger charge is 2.29. The standard InChI is InChI=1S/C21H30N4O/c1-22(2)18-11-9-17(10-12-18)15-24(4)21(26)16-25-14-6-8-20(25)19-7-5-13-23(19)3/h5,7,9-13,20H,6,8,14-16H2,1-4H3/t20-/m0/s1. The molecule has 140 valence electrons. The molecule has 0 unspecified atom stereocenters. The highest BCUT2D eigenvalue weighted by atomic mass is 16.2. The summed E-state index contributed by atoms with van der Waals surface area (Å²) in [5, 5.41) is 0. The fraction of sp³-hybridized carbons (Fsp3) is 0.476. The first-order valence-electron chi connectivity index (χ1n) is 9.31. The molecule has 5 heteroatoms. The van der Waals surface area contributed by atoms with E-state index < -0.39 is 0 Å². The molecule has 1 aromatic heterocycles. The zero-order chi connectivity index (χ0) is 18.7. The van der Waals surface area contributed by atoms with E-state index in [9.17, 15) is 4.79 Å². The van der Waals surface area contributed by atoms with E-state index in [2.05, 4.69) is 64.0 Å². The maximum atomic E-state index is 12.7. The first-order valence-corrected chi connectivity index (χ1v) is 9.31. The van der Waals surface area contributed by atoms with Crippen LogP contribution in [0.2, 0.25) is 0 Å². The molecule has 0 radical (unpaired) electrons. The van der Waals surface area contributed by atoms with E-state index in [1.807, 2.05) is 26.0 Å². The van der Waals surface area contributed by atoms with E-state index in [0.29, 0.717) is 19.1 Å². The quantitative estimate of drug-likeness (QED) is 0.799. The number of hydrogen-bond acceptors (Lipinski definition) is 3. The Morgan fingerprint density at radius 2 is 1.88 bits per heavy atom. The van der Waals surface area contributed by atoms with Crippen LogP contribution >= 0.6 is 0 Å². The Kier molecular flexibility index (Phi) is 5.67. The number of benzene rings is 1. The molecule has 0 saturated carbocycles. The van der Waals surface area contributed by atoms with Crippen molar-refractivity contribution in [2.45, 2.75) is 25.4 Å². The monoisotopic (exact) mass is 354 g/mol. The average Bonchev–Trinajstić information content (AvgIpc) is 3.23. The second kappa shape index (κ2) is 7.96. The zero-order valence-corrected chi connectivity index (χ0v) is 16.4. The summed E-state index contributed by atoms with van der Waals surface area (Å²) in [6.45, 7) is 2.13. The van der Waals surface area contributed by atoms with Crippen molar-refractivity contribution in [1.29, 1.82) is 0 Å². The van der Waals surface area contributed by atoms with Crippen molar-refractivity contribution in [3.63, 3.8) is 0 Å². The molecule has 2 aromatic rings. The van der Waals surface area contributed by atoms with Gasteiger partial charge in [-0.05, 0) is 49.2 Å². The SMILES string of the molecule is CN(Cc1ccc(N(C)C)cc1)C(=O)CN1CCC[C@H]1c1cccn1C. The molecule has 1 atom stereocenters. The van der Waals surface area contributed by atoms with Crippen LogP contribution in [0.1, 0.15) is 30.1 Å². The summed E-state index contributed by atoms with van der Waals surface area (Å²) >= 11 is 0. The van der Waals surface area contributed by atoms with Gasteiger partial charge in [0.25, 0.3) is 0 Å². The van der Waals surface area contributed by atoms with Gasteiger partial charge in [-0.2, -0.15) is 0 Å². The minimum Gasteiger partial charge on any atom is -0.378 e. The number of nitrogens with zero attached hydrogens (tertiary/aromatic N) is 4. The lowest BCUT2D eigenvalue weighted by Gasteiger charge is -2.27. The number of rotatable bonds is 6. The second-order valence-electron chi connectivity index (χ2n) is 7.48. The molecule has 0 N–H and O–H groups in total. The third-order valence-electron chi connectivity index (χ3n) is 5.33. The Bertz CT molecular complexity index is 735. The van der Waals surface area contributed by atoms with E-state index >= 15 is 0 Å². The van der Waals surface area contributed by atoms with Gasteiger partial charge in [0.05, 0.1) is 12.6 Å². The molecule has 0 bridgehead atoms. The number of amides is 1. The Morgan fingerprint density at radius 3 is 2.50 bits per heavy atom. The van der Waals surface area contributed by atoms with Gasteiger partial charge in [-0.1, -0.05) is 12.1 Å². The minimum atomic E-state index is 0.183. The molecular formula is C21H30N4O. The molecular weight excluding hydrogens is 324 g/mol. The predicted molar refractivity (Wildman–Crippen MR) is 106 cm³/mol. The van der Waals surface area contributed by atoms with E-state index in [4.69, 9.17) is 0 Å². The number of likely N-dealkylation sites (N-methyl/N-ethyl adjacent to an activating group) is 1. The summed E-state index contributed by atoms with van der Waals surface area (Å²) in [5.41, 5.74) is 3.63. The molecule has 1 aliphatic heterocycles. The van der Waals surface area contributed by atoms with Crippen molar-refractivity contribution in [2.75, 3.05) is 39.1 Å². The molecule has 1 fully saturated rings. The van der Waals surface area contributed by atoms with Gasteiger partial charge >= 0.3 is 0 Å². The van der Waals surface area contributed by atoms with Gasteiger partial charge < -0.3 is 14.4 Å². The van der Waals surface area contributed by atoms with Crippen molar-refractivity contribution < 1.29 is 4.79 Å². The van der Waals surface area contributed by atoms with Gasteiger partial charge in [-0.3, -0.25) is 9.69 Å². The fourth-order valence-corrected chi connectivity index (χ4v) is 3.73. The van der Waals surface area contributed by atoms with E-state index in [0.717, 1.165) is 24.9 Å². The predicted octanol–water partition coefficient (Wildman–Crippen LogP) is 2.89. The van der Waals surface area contributed by atoms with Crippen LogP contribution in [0.25, 0.3) is 0 Å². The summed E-state index contributed by atoms with van der Waals surface area (Å²) in [6.07, 6.45) is 4.36. The van der Waals surface area contributed by atoms with Gasteiger partial charge in [-0.15, -0.1) is 0 Å². The van der Waals surface area contributed by atoms with Crippen molar-refractivity contribution in [1.82, 2.24) is 14.4 Å². The lowest BCUT2D eigenvalue weighted by molar-refractivity contribution is -0.131. The highest BCUT2D eigenvalue weighted by molar-refractivity contribution is 5.78. The molecule has 0 aliphatic carbocycles. The van der Waals surface area contributed by atoms with Crippen LogP contribution in [0.3, 0.4) is 0 Å². The van der Waals surface area contributed by atoms with Crippen LogP contribution in [0.5, 0.6) is 0 Å². The summed E-state index contributed by atoms with van der Waals surface area (Å²) in [4.78, 5) is 19.0. The molecule has 1 aliphatic rings. The van der Waals surface area contributed by atoms with Crippen LogP contribution in [0, 0.1) is 0 Å². The average molecular weight is 354 g/mol. The highest BCUT2D eigenvalue weighted by Crippen LogP contribution is 2.31. The van der Waals surface area contributed by atoms with Gasteiger partial charge in [0.2, 0.25) is 5.91 Å². The lowest BCUT2D eigenvalue weighted by Crippen LogP contribution is -2.38. The van der Waals surface area contributed by atoms with Crippen LogP contribution in [-0.4, -0.2) is 54.5 Å². The minimum absolute atomic E-state index is 0.183. The van der Waals surface area contributed by atoms with Gasteiger partial charge in [0.1, 0.15) is 0 Å². The molecule has 2 heterocycles. The van der Waals surface area contributed by atoms with Crippen molar-refractivity contribution in [3.8, 4) is 0 Å². The topological polar surface area (TPSA) is 31.7 Å². The molecule has 1 saturated heterocycles. The van der Waals surface area contributed by atoms with Crippen LogP contribution in [0.4, 0.5) is 5.69 Å². The van der Waals surface area contributed by atoms with Crippen LogP contribution in [0.15, 0.2) is 42.6 Å². The Hall–Kier alpha value is -2.27. The Balaban J connectivity index is 1.59. The lowest BCUT2D eigenvalue weighted by atomic mass is 10.1. The number of hydrogen-bond donors (Lipinski definition) is 0. The molecule has 5 nitrogen and oxygen atoms in total. The number of anilines is 1. The molecule has 26 heavy (non-hydrogen) atoms. The fourth-order valence-electron chi connectivity index (χ4n) is 3.73. The maximum Gasteiger partial charge on any atom is 0.236 e. The van der Waals surface area contributed by atoms with Crippen molar-refractivity contribution >= 4 is 11.6 Å². The zero-order valence-electron chi connectivity index (χ0n) is 16.4. The second-order valence-corrected chi connectivity index (χ2v) is 7.48. The smallest absolute Gasteiger partial charge is 0.236 e. The normalized spacial score (nSPS) is 17.5. The Morgan fingerprint density at radius 1 is 1.15 bits per heavy atom. The Labute approximate surface area is 156 Å². The van der Waals surface area contributed by atoms with Gasteiger partial charge in [-0.25, -0.2) is 0 Å². The number of likely N-dealkylation sites (tertiary alicyclic amines) is 1. The van der Waals surface area contributed by atoms with Gasteiger partial charge in [0, 0.05) is 52.3 Å². The summed E-state index contributed by atoms with van der Waals surface area (Å²) in [7, 11) is 8.04. The largest absolute Gasteiger partial charge is 0.378 e. The first kappa shape index (κ1) is 18.5. The molecule has 1 amide bonds. The number of carbonyl (C=O) groups is 1. The van der Waals surface area contributed by atoms with E-state index in [-0.39, 0.29) is 5.91 Å². The van der Waals surface area contributed by atoms with E-state index in [1.54, 1.807) is 0 Å². The first-order chi connectivity index (χ1) is 12.5.